The Morgan fingerprint density at radius 3 is 2.18 bits per heavy atom. The molecule has 0 aliphatic rings. The Hall–Kier alpha value is -3.96. The van der Waals surface area contributed by atoms with E-state index in [1.165, 1.54) is 24.5 Å². The van der Waals surface area contributed by atoms with Crippen LogP contribution in [-0.2, 0) is 17.1 Å². The van der Waals surface area contributed by atoms with Gasteiger partial charge < -0.3 is 19.8 Å². The van der Waals surface area contributed by atoms with E-state index >= 15 is 0 Å². The molecule has 0 radical (unpaired) electrons. The molecule has 0 saturated carbocycles. The van der Waals surface area contributed by atoms with E-state index in [-0.39, 0.29) is 11.4 Å². The lowest BCUT2D eigenvalue weighted by atomic mass is 10.1. The highest BCUT2D eigenvalue weighted by Gasteiger charge is 2.35. The van der Waals surface area contributed by atoms with Gasteiger partial charge in [0.25, 0.3) is 11.8 Å². The monoisotopic (exact) mass is 472 g/mol. The van der Waals surface area contributed by atoms with Crippen molar-refractivity contribution in [2.75, 3.05) is 17.2 Å². The third-order valence-corrected chi connectivity index (χ3v) is 4.15. The summed E-state index contributed by atoms with van der Waals surface area (Å²) in [5, 5.41) is 4.18. The molecule has 1 heterocycles. The molecule has 0 unspecified atom stereocenters. The lowest BCUT2D eigenvalue weighted by molar-refractivity contribution is -0.139. The molecular formula is C21H14F6N2O4. The molecular weight excluding hydrogens is 458 g/mol. The molecule has 0 aliphatic carbocycles. The van der Waals surface area contributed by atoms with Gasteiger partial charge >= 0.3 is 12.4 Å². The van der Waals surface area contributed by atoms with E-state index in [0.717, 1.165) is 30.3 Å². The van der Waals surface area contributed by atoms with Gasteiger partial charge in [0.05, 0.1) is 23.1 Å². The third kappa shape index (κ3) is 6.05. The molecule has 33 heavy (non-hydrogen) atoms. The van der Waals surface area contributed by atoms with Crippen molar-refractivity contribution in [3.63, 3.8) is 0 Å². The normalized spacial score (nSPS) is 11.7. The van der Waals surface area contributed by atoms with Crippen LogP contribution < -0.4 is 15.4 Å². The first-order valence-electron chi connectivity index (χ1n) is 9.10. The number of benzene rings is 2. The van der Waals surface area contributed by atoms with Gasteiger partial charge in [-0.05, 0) is 42.5 Å². The summed E-state index contributed by atoms with van der Waals surface area (Å²) in [6.45, 7) is -0.971. The maximum atomic E-state index is 13.5. The SMILES string of the molecule is O=C(COc1ccccc1C(F)(F)F)Nc1ccc(NC(=O)c2ccco2)cc1C(F)(F)F. The standard InChI is InChI=1S/C21H14F6N2O4/c22-20(23,24)13-4-1-2-5-16(13)33-11-18(30)29-15-8-7-12(10-14(15)21(25,26)27)28-19(31)17-6-3-9-32-17/h1-10H,11H2,(H,28,31)(H,29,30). The van der Waals surface area contributed by atoms with Crippen LogP contribution in [0.4, 0.5) is 37.7 Å². The minimum absolute atomic E-state index is 0.128. The van der Waals surface area contributed by atoms with Crippen LogP contribution in [0.2, 0.25) is 0 Å². The second-order valence-corrected chi connectivity index (χ2v) is 6.52. The topological polar surface area (TPSA) is 80.6 Å². The molecule has 2 amide bonds. The molecule has 0 saturated heterocycles. The summed E-state index contributed by atoms with van der Waals surface area (Å²) in [6.07, 6.45) is -8.45. The van der Waals surface area contributed by atoms with E-state index in [1.807, 2.05) is 5.32 Å². The number of carbonyl (C=O) groups excluding carboxylic acids is 2. The summed E-state index contributed by atoms with van der Waals surface area (Å²) in [7, 11) is 0. The van der Waals surface area contributed by atoms with Crippen molar-refractivity contribution in [1.29, 1.82) is 0 Å². The zero-order valence-electron chi connectivity index (χ0n) is 16.4. The lowest BCUT2D eigenvalue weighted by Crippen LogP contribution is -2.23. The second kappa shape index (κ2) is 9.27. The van der Waals surface area contributed by atoms with Crippen molar-refractivity contribution in [1.82, 2.24) is 0 Å². The van der Waals surface area contributed by atoms with Gasteiger partial charge in [0.15, 0.2) is 12.4 Å². The molecule has 0 fully saturated rings. The van der Waals surface area contributed by atoms with E-state index in [2.05, 4.69) is 5.32 Å². The highest BCUT2D eigenvalue weighted by atomic mass is 19.4. The number of anilines is 2. The number of alkyl halides is 6. The summed E-state index contributed by atoms with van der Waals surface area (Å²) >= 11 is 0. The van der Waals surface area contributed by atoms with Crippen LogP contribution in [0.5, 0.6) is 5.75 Å². The number of hydrogen-bond acceptors (Lipinski definition) is 4. The lowest BCUT2D eigenvalue weighted by Gasteiger charge is -2.17. The first-order valence-corrected chi connectivity index (χ1v) is 9.10. The Kier molecular flexibility index (Phi) is 6.65. The van der Waals surface area contributed by atoms with Gasteiger partial charge in [0.2, 0.25) is 0 Å². The Labute approximate surface area is 182 Å². The number of rotatable bonds is 6. The van der Waals surface area contributed by atoms with Crippen LogP contribution in [-0.4, -0.2) is 18.4 Å². The number of para-hydroxylation sites is 1. The van der Waals surface area contributed by atoms with E-state index < -0.39 is 53.3 Å². The molecule has 0 aliphatic heterocycles. The largest absolute Gasteiger partial charge is 0.483 e. The fourth-order valence-electron chi connectivity index (χ4n) is 2.72. The van der Waals surface area contributed by atoms with Crippen LogP contribution in [0.1, 0.15) is 21.7 Å². The van der Waals surface area contributed by atoms with Crippen molar-refractivity contribution in [3.05, 3.63) is 77.7 Å². The van der Waals surface area contributed by atoms with Crippen molar-refractivity contribution < 1.29 is 45.1 Å². The van der Waals surface area contributed by atoms with Gasteiger partial charge in [-0.1, -0.05) is 12.1 Å². The highest BCUT2D eigenvalue weighted by molar-refractivity contribution is 6.02. The van der Waals surface area contributed by atoms with Gasteiger partial charge in [-0.3, -0.25) is 9.59 Å². The molecule has 3 rings (SSSR count). The maximum Gasteiger partial charge on any atom is 0.419 e. The minimum Gasteiger partial charge on any atom is -0.483 e. The molecule has 0 spiro atoms. The molecule has 0 atom stereocenters. The average Bonchev–Trinajstić information content (AvgIpc) is 3.27. The molecule has 2 N–H and O–H groups in total. The molecule has 1 aromatic heterocycles. The average molecular weight is 472 g/mol. The maximum absolute atomic E-state index is 13.5. The first-order chi connectivity index (χ1) is 15.4. The van der Waals surface area contributed by atoms with Gasteiger partial charge in [-0.15, -0.1) is 0 Å². The second-order valence-electron chi connectivity index (χ2n) is 6.52. The molecule has 3 aromatic rings. The summed E-state index contributed by atoms with van der Waals surface area (Å²) in [6, 6.07) is 9.41. The van der Waals surface area contributed by atoms with Crippen LogP contribution >= 0.6 is 0 Å². The minimum atomic E-state index is -4.92. The first kappa shape index (κ1) is 23.7. The number of ether oxygens (including phenoxy) is 1. The number of carbonyl (C=O) groups is 2. The smallest absolute Gasteiger partial charge is 0.419 e. The fraction of sp³-hybridized carbons (Fsp3) is 0.143. The Balaban J connectivity index is 1.73. The molecule has 0 bridgehead atoms. The number of nitrogens with one attached hydrogen (secondary N) is 2. The zero-order valence-corrected chi connectivity index (χ0v) is 16.4. The zero-order chi connectivity index (χ0) is 24.2. The van der Waals surface area contributed by atoms with E-state index in [0.29, 0.717) is 6.07 Å². The number of hydrogen-bond donors (Lipinski definition) is 2. The van der Waals surface area contributed by atoms with Gasteiger partial charge in [0, 0.05) is 5.69 Å². The van der Waals surface area contributed by atoms with Crippen molar-refractivity contribution in [3.8, 4) is 5.75 Å². The van der Waals surface area contributed by atoms with Crippen LogP contribution in [0, 0.1) is 0 Å². The van der Waals surface area contributed by atoms with Gasteiger partial charge in [0.1, 0.15) is 5.75 Å². The fourth-order valence-corrected chi connectivity index (χ4v) is 2.72. The Morgan fingerprint density at radius 2 is 1.55 bits per heavy atom. The van der Waals surface area contributed by atoms with E-state index in [4.69, 9.17) is 9.15 Å². The highest BCUT2D eigenvalue weighted by Crippen LogP contribution is 2.37. The number of amides is 2. The molecule has 12 heteroatoms. The van der Waals surface area contributed by atoms with Gasteiger partial charge in [-0.25, -0.2) is 0 Å². The molecule has 2 aromatic carbocycles. The Morgan fingerprint density at radius 1 is 0.848 bits per heavy atom. The number of halogens is 6. The van der Waals surface area contributed by atoms with Crippen molar-refractivity contribution in [2.24, 2.45) is 0 Å². The number of furan rings is 1. The summed E-state index contributed by atoms with van der Waals surface area (Å²) < 4.78 is 89.1. The van der Waals surface area contributed by atoms with E-state index in [1.54, 1.807) is 0 Å². The Bertz CT molecular complexity index is 1140. The van der Waals surface area contributed by atoms with E-state index in [9.17, 15) is 35.9 Å². The summed E-state index contributed by atoms with van der Waals surface area (Å²) in [5.74, 6) is -2.68. The summed E-state index contributed by atoms with van der Waals surface area (Å²) in [5.41, 5.74) is -3.32. The quantitative estimate of drug-likeness (QED) is 0.459. The van der Waals surface area contributed by atoms with Gasteiger partial charge in [-0.2, -0.15) is 26.3 Å². The summed E-state index contributed by atoms with van der Waals surface area (Å²) in [4.78, 5) is 24.0. The predicted molar refractivity (Wildman–Crippen MR) is 104 cm³/mol. The molecule has 6 nitrogen and oxygen atoms in total. The third-order valence-electron chi connectivity index (χ3n) is 4.15. The molecule has 174 valence electrons. The van der Waals surface area contributed by atoms with Crippen molar-refractivity contribution in [2.45, 2.75) is 12.4 Å². The van der Waals surface area contributed by atoms with Crippen LogP contribution in [0.3, 0.4) is 0 Å². The van der Waals surface area contributed by atoms with Crippen molar-refractivity contribution >= 4 is 23.2 Å². The predicted octanol–water partition coefficient (Wildman–Crippen LogP) is 5.59. The van der Waals surface area contributed by atoms with Crippen LogP contribution in [0.25, 0.3) is 0 Å². The van der Waals surface area contributed by atoms with Crippen LogP contribution in [0.15, 0.2) is 65.3 Å².